The Kier molecular flexibility index (Phi) is 3.12. The summed E-state index contributed by atoms with van der Waals surface area (Å²) < 4.78 is 2.81. The van der Waals surface area contributed by atoms with Crippen LogP contribution in [0.4, 0.5) is 0 Å². The summed E-state index contributed by atoms with van der Waals surface area (Å²) in [6.07, 6.45) is 1.38. The van der Waals surface area contributed by atoms with Crippen molar-refractivity contribution in [2.24, 2.45) is 0 Å². The van der Waals surface area contributed by atoms with Crippen LogP contribution in [-0.2, 0) is 0 Å². The first-order chi connectivity index (χ1) is 9.16. The van der Waals surface area contributed by atoms with E-state index in [9.17, 15) is 5.11 Å². The van der Waals surface area contributed by atoms with Crippen molar-refractivity contribution in [3.8, 4) is 5.69 Å². The maximum atomic E-state index is 9.60. The largest absolute Gasteiger partial charge is 0.389 e. The summed E-state index contributed by atoms with van der Waals surface area (Å²) in [5.41, 5.74) is 2.91. The molecule has 2 aromatic carbocycles. The van der Waals surface area contributed by atoms with E-state index < -0.39 is 6.10 Å². The molecule has 0 unspecified atom stereocenters. The van der Waals surface area contributed by atoms with E-state index in [1.165, 1.54) is 0 Å². The van der Waals surface area contributed by atoms with E-state index in [1.54, 1.807) is 6.92 Å². The number of aromatic nitrogens is 2. The summed E-state index contributed by atoms with van der Waals surface area (Å²) in [6.45, 7) is 1.75. The first kappa shape index (κ1) is 12.4. The number of para-hydroxylation sites is 1. The van der Waals surface area contributed by atoms with Gasteiger partial charge in [0.25, 0.3) is 0 Å². The van der Waals surface area contributed by atoms with Crippen LogP contribution < -0.4 is 0 Å². The molecule has 96 valence electrons. The number of rotatable bonds is 2. The zero-order valence-corrected chi connectivity index (χ0v) is 12.0. The van der Waals surface area contributed by atoms with Gasteiger partial charge in [0.15, 0.2) is 0 Å². The van der Waals surface area contributed by atoms with Crippen molar-refractivity contribution in [2.75, 3.05) is 0 Å². The van der Waals surface area contributed by atoms with Gasteiger partial charge < -0.3 is 5.11 Å². The van der Waals surface area contributed by atoms with Crippen LogP contribution in [0, 0.1) is 0 Å². The van der Waals surface area contributed by atoms with Gasteiger partial charge in [0.2, 0.25) is 0 Å². The molecule has 0 saturated carbocycles. The Balaban J connectivity index is 2.17. The Morgan fingerprint density at radius 3 is 2.74 bits per heavy atom. The van der Waals surface area contributed by atoms with Gasteiger partial charge in [-0.05, 0) is 46.6 Å². The molecule has 0 aliphatic carbocycles. The highest BCUT2D eigenvalue weighted by Gasteiger charge is 2.10. The maximum absolute atomic E-state index is 9.60. The normalized spacial score (nSPS) is 12.8. The lowest BCUT2D eigenvalue weighted by Gasteiger charge is -2.10. The number of fused-ring (bicyclic) bond motifs is 1. The van der Waals surface area contributed by atoms with Crippen molar-refractivity contribution in [2.45, 2.75) is 13.0 Å². The number of hydrogen-bond acceptors (Lipinski definition) is 2. The fraction of sp³-hybridized carbons (Fsp3) is 0.133. The summed E-state index contributed by atoms with van der Waals surface area (Å²) in [6, 6.07) is 13.9. The third kappa shape index (κ3) is 2.17. The van der Waals surface area contributed by atoms with Crippen LogP contribution in [-0.4, -0.2) is 14.9 Å². The van der Waals surface area contributed by atoms with Crippen LogP contribution in [0.15, 0.2) is 53.1 Å². The molecular formula is C15H13BrN2O. The van der Waals surface area contributed by atoms with Crippen molar-refractivity contribution >= 4 is 26.8 Å². The molecule has 4 heteroatoms. The summed E-state index contributed by atoms with van der Waals surface area (Å²) in [4.78, 5) is 0. The van der Waals surface area contributed by atoms with Crippen molar-refractivity contribution < 1.29 is 5.11 Å². The van der Waals surface area contributed by atoms with Crippen molar-refractivity contribution in [3.05, 3.63) is 58.7 Å². The molecule has 0 aliphatic heterocycles. The summed E-state index contributed by atoms with van der Waals surface area (Å²) >= 11 is 3.55. The number of aliphatic hydroxyl groups excluding tert-OH is 1. The van der Waals surface area contributed by atoms with Gasteiger partial charge in [-0.1, -0.05) is 24.3 Å². The van der Waals surface area contributed by atoms with E-state index in [0.29, 0.717) is 0 Å². The zero-order chi connectivity index (χ0) is 13.4. The van der Waals surface area contributed by atoms with Gasteiger partial charge in [0.1, 0.15) is 0 Å². The molecule has 19 heavy (non-hydrogen) atoms. The van der Waals surface area contributed by atoms with E-state index in [4.69, 9.17) is 0 Å². The topological polar surface area (TPSA) is 38.0 Å². The smallest absolute Gasteiger partial charge is 0.0795 e. The van der Waals surface area contributed by atoms with E-state index in [0.717, 1.165) is 26.6 Å². The fourth-order valence-electron chi connectivity index (χ4n) is 2.12. The Morgan fingerprint density at radius 2 is 2.00 bits per heavy atom. The van der Waals surface area contributed by atoms with E-state index in [-0.39, 0.29) is 0 Å². The number of benzene rings is 2. The van der Waals surface area contributed by atoms with Crippen molar-refractivity contribution in [3.63, 3.8) is 0 Å². The SMILES string of the molecule is C[C@@H](O)c1ccc(-n2ncc3ccccc32)c(Br)c1. The molecule has 0 aliphatic rings. The van der Waals surface area contributed by atoms with Gasteiger partial charge in [-0.2, -0.15) is 5.10 Å². The molecule has 1 atom stereocenters. The Hall–Kier alpha value is -1.65. The second-order valence-electron chi connectivity index (χ2n) is 4.50. The van der Waals surface area contributed by atoms with Crippen LogP contribution in [0.3, 0.4) is 0 Å². The number of aliphatic hydroxyl groups is 1. The average Bonchev–Trinajstić information content (AvgIpc) is 2.82. The van der Waals surface area contributed by atoms with E-state index in [1.807, 2.05) is 53.3 Å². The minimum absolute atomic E-state index is 0.472. The predicted molar refractivity (Wildman–Crippen MR) is 79.4 cm³/mol. The second-order valence-corrected chi connectivity index (χ2v) is 5.36. The highest BCUT2D eigenvalue weighted by Crippen LogP contribution is 2.27. The number of nitrogens with zero attached hydrogens (tertiary/aromatic N) is 2. The molecule has 0 bridgehead atoms. The summed E-state index contributed by atoms with van der Waals surface area (Å²) in [5, 5.41) is 15.1. The number of halogens is 1. The first-order valence-corrected chi connectivity index (χ1v) is 6.87. The molecule has 0 fully saturated rings. The van der Waals surface area contributed by atoms with E-state index in [2.05, 4.69) is 21.0 Å². The van der Waals surface area contributed by atoms with Crippen LogP contribution >= 0.6 is 15.9 Å². The lowest BCUT2D eigenvalue weighted by Crippen LogP contribution is -1.99. The summed E-state index contributed by atoms with van der Waals surface area (Å²) in [5.74, 6) is 0. The van der Waals surface area contributed by atoms with Gasteiger partial charge >= 0.3 is 0 Å². The minimum Gasteiger partial charge on any atom is -0.389 e. The van der Waals surface area contributed by atoms with E-state index >= 15 is 0 Å². The average molecular weight is 317 g/mol. The van der Waals surface area contributed by atoms with Gasteiger partial charge in [-0.25, -0.2) is 4.68 Å². The molecular weight excluding hydrogens is 304 g/mol. The molecule has 0 amide bonds. The Morgan fingerprint density at radius 1 is 1.21 bits per heavy atom. The Labute approximate surface area is 119 Å². The standard InChI is InChI=1S/C15H13BrN2O/c1-10(19)11-6-7-15(13(16)8-11)18-14-5-3-2-4-12(14)9-17-18/h2-10,19H,1H3/t10-/m1/s1. The number of hydrogen-bond donors (Lipinski definition) is 1. The fourth-order valence-corrected chi connectivity index (χ4v) is 2.68. The van der Waals surface area contributed by atoms with Crippen molar-refractivity contribution in [1.29, 1.82) is 0 Å². The lowest BCUT2D eigenvalue weighted by molar-refractivity contribution is 0.199. The zero-order valence-electron chi connectivity index (χ0n) is 10.4. The van der Waals surface area contributed by atoms with Gasteiger partial charge in [0, 0.05) is 9.86 Å². The van der Waals surface area contributed by atoms with Gasteiger partial charge in [0.05, 0.1) is 23.5 Å². The summed E-state index contributed by atoms with van der Waals surface area (Å²) in [7, 11) is 0. The monoisotopic (exact) mass is 316 g/mol. The Bertz CT molecular complexity index is 734. The van der Waals surface area contributed by atoms with Gasteiger partial charge in [-0.15, -0.1) is 0 Å². The van der Waals surface area contributed by atoms with Crippen LogP contribution in [0.5, 0.6) is 0 Å². The molecule has 0 spiro atoms. The van der Waals surface area contributed by atoms with Gasteiger partial charge in [-0.3, -0.25) is 0 Å². The highest BCUT2D eigenvalue weighted by atomic mass is 79.9. The van der Waals surface area contributed by atoms with Crippen molar-refractivity contribution in [1.82, 2.24) is 9.78 Å². The molecule has 0 saturated heterocycles. The molecule has 1 N–H and O–H groups in total. The van der Waals surface area contributed by atoms with Crippen LogP contribution in [0.25, 0.3) is 16.6 Å². The second kappa shape index (κ2) is 4.79. The molecule has 3 rings (SSSR count). The molecule has 1 aromatic heterocycles. The molecule has 3 nitrogen and oxygen atoms in total. The lowest BCUT2D eigenvalue weighted by atomic mass is 10.1. The third-order valence-electron chi connectivity index (χ3n) is 3.16. The predicted octanol–water partition coefficient (Wildman–Crippen LogP) is 3.84. The molecule has 1 heterocycles. The third-order valence-corrected chi connectivity index (χ3v) is 3.79. The molecule has 0 radical (unpaired) electrons. The van der Waals surface area contributed by atoms with Crippen LogP contribution in [0.2, 0.25) is 0 Å². The highest BCUT2D eigenvalue weighted by molar-refractivity contribution is 9.10. The quantitative estimate of drug-likeness (QED) is 0.780. The molecule has 3 aromatic rings. The minimum atomic E-state index is -0.472. The first-order valence-electron chi connectivity index (χ1n) is 6.07. The van der Waals surface area contributed by atoms with Crippen LogP contribution in [0.1, 0.15) is 18.6 Å². The maximum Gasteiger partial charge on any atom is 0.0795 e.